The van der Waals surface area contributed by atoms with Gasteiger partial charge in [0.05, 0.1) is 12.8 Å². The average Bonchev–Trinajstić information content (AvgIpc) is 2.58. The van der Waals surface area contributed by atoms with Crippen LogP contribution in [0.25, 0.3) is 10.1 Å². The van der Waals surface area contributed by atoms with Gasteiger partial charge in [0.1, 0.15) is 5.75 Å². The van der Waals surface area contributed by atoms with Gasteiger partial charge in [0.2, 0.25) is 0 Å². The molecule has 2 aromatic rings. The molecule has 0 aliphatic heterocycles. The summed E-state index contributed by atoms with van der Waals surface area (Å²) in [5, 5.41) is 2.07. The van der Waals surface area contributed by atoms with Crippen LogP contribution in [0.4, 0.5) is 5.69 Å². The highest BCUT2D eigenvalue weighted by atomic mass is 79.9. The van der Waals surface area contributed by atoms with Crippen LogP contribution in [0.15, 0.2) is 18.2 Å². The molecule has 0 aliphatic carbocycles. The maximum absolute atomic E-state index is 5.82. The van der Waals surface area contributed by atoms with Gasteiger partial charge in [-0.25, -0.2) is 0 Å². The van der Waals surface area contributed by atoms with E-state index < -0.39 is 0 Å². The standard InChI is InChI=1S/C10H10BrNOS/c1-13-9-4-10-6(3-8(9)12)2-7(5-11)14-10/h2-4H,5,12H2,1H3. The maximum atomic E-state index is 5.82. The molecular weight excluding hydrogens is 262 g/mol. The van der Waals surface area contributed by atoms with E-state index in [0.717, 1.165) is 11.1 Å². The first kappa shape index (κ1) is 9.80. The Balaban J connectivity index is 2.64. The number of nitrogen functional groups attached to an aromatic ring is 1. The van der Waals surface area contributed by atoms with Gasteiger partial charge in [-0.1, -0.05) is 15.9 Å². The van der Waals surface area contributed by atoms with Gasteiger partial charge in [0, 0.05) is 21.0 Å². The van der Waals surface area contributed by atoms with Gasteiger partial charge in [-0.05, 0) is 17.5 Å². The molecule has 0 atom stereocenters. The first-order valence-corrected chi connectivity index (χ1v) is 6.10. The number of anilines is 1. The highest BCUT2D eigenvalue weighted by Crippen LogP contribution is 2.34. The highest BCUT2D eigenvalue weighted by molar-refractivity contribution is 9.08. The molecule has 14 heavy (non-hydrogen) atoms. The number of thiophene rings is 1. The van der Waals surface area contributed by atoms with Crippen LogP contribution in [0.2, 0.25) is 0 Å². The summed E-state index contributed by atoms with van der Waals surface area (Å²) in [6.07, 6.45) is 0. The van der Waals surface area contributed by atoms with E-state index in [1.807, 2.05) is 12.1 Å². The molecule has 0 spiro atoms. The molecule has 0 unspecified atom stereocenters. The van der Waals surface area contributed by atoms with Crippen molar-refractivity contribution in [2.24, 2.45) is 0 Å². The Hall–Kier alpha value is -0.740. The maximum Gasteiger partial charge on any atom is 0.143 e. The lowest BCUT2D eigenvalue weighted by atomic mass is 10.2. The number of hydrogen-bond acceptors (Lipinski definition) is 3. The van der Waals surface area contributed by atoms with Crippen molar-refractivity contribution in [3.05, 3.63) is 23.1 Å². The molecule has 74 valence electrons. The molecule has 0 saturated carbocycles. The first-order chi connectivity index (χ1) is 6.74. The van der Waals surface area contributed by atoms with E-state index in [-0.39, 0.29) is 0 Å². The lowest BCUT2D eigenvalue weighted by Crippen LogP contribution is -1.90. The molecule has 4 heteroatoms. The van der Waals surface area contributed by atoms with Crippen molar-refractivity contribution in [1.82, 2.24) is 0 Å². The number of rotatable bonds is 2. The molecular formula is C10H10BrNOS. The number of methoxy groups -OCH3 is 1. The average molecular weight is 272 g/mol. The minimum absolute atomic E-state index is 0.693. The Bertz CT molecular complexity index is 466. The van der Waals surface area contributed by atoms with Gasteiger partial charge in [-0.2, -0.15) is 0 Å². The molecule has 2 rings (SSSR count). The third-order valence-corrected chi connectivity index (χ3v) is 4.12. The Labute approximate surface area is 94.8 Å². The molecule has 1 aromatic carbocycles. The van der Waals surface area contributed by atoms with Crippen LogP contribution in [-0.2, 0) is 5.33 Å². The number of benzene rings is 1. The number of fused-ring (bicyclic) bond motifs is 1. The van der Waals surface area contributed by atoms with Gasteiger partial charge in [-0.15, -0.1) is 11.3 Å². The van der Waals surface area contributed by atoms with Crippen molar-refractivity contribution in [2.45, 2.75) is 5.33 Å². The summed E-state index contributed by atoms with van der Waals surface area (Å²) in [4.78, 5) is 1.30. The largest absolute Gasteiger partial charge is 0.495 e. The number of hydrogen-bond donors (Lipinski definition) is 1. The molecule has 0 amide bonds. The number of halogens is 1. The van der Waals surface area contributed by atoms with Crippen molar-refractivity contribution < 1.29 is 4.74 Å². The SMILES string of the molecule is COc1cc2sc(CBr)cc2cc1N. The second kappa shape index (κ2) is 3.79. The monoisotopic (exact) mass is 271 g/mol. The predicted molar refractivity (Wildman–Crippen MR) is 65.4 cm³/mol. The minimum Gasteiger partial charge on any atom is -0.495 e. The summed E-state index contributed by atoms with van der Waals surface area (Å²) >= 11 is 5.19. The minimum atomic E-state index is 0.693. The topological polar surface area (TPSA) is 35.2 Å². The van der Waals surface area contributed by atoms with Crippen LogP contribution in [-0.4, -0.2) is 7.11 Å². The number of alkyl halides is 1. The van der Waals surface area contributed by atoms with E-state index in [1.165, 1.54) is 15.0 Å². The van der Waals surface area contributed by atoms with Crippen molar-refractivity contribution in [2.75, 3.05) is 12.8 Å². The van der Waals surface area contributed by atoms with Gasteiger partial charge in [0.25, 0.3) is 0 Å². The molecule has 1 heterocycles. The van der Waals surface area contributed by atoms with E-state index in [0.29, 0.717) is 5.69 Å². The fraction of sp³-hybridized carbons (Fsp3) is 0.200. The van der Waals surface area contributed by atoms with Crippen LogP contribution in [0.5, 0.6) is 5.75 Å². The second-order valence-electron chi connectivity index (χ2n) is 2.98. The number of nitrogens with two attached hydrogens (primary N) is 1. The van der Waals surface area contributed by atoms with Gasteiger partial charge >= 0.3 is 0 Å². The van der Waals surface area contributed by atoms with Crippen molar-refractivity contribution >= 4 is 43.0 Å². The zero-order chi connectivity index (χ0) is 10.1. The Morgan fingerprint density at radius 3 is 2.86 bits per heavy atom. The zero-order valence-electron chi connectivity index (χ0n) is 7.71. The molecule has 2 N–H and O–H groups in total. The van der Waals surface area contributed by atoms with Gasteiger partial charge < -0.3 is 10.5 Å². The van der Waals surface area contributed by atoms with Gasteiger partial charge in [0.15, 0.2) is 0 Å². The first-order valence-electron chi connectivity index (χ1n) is 4.16. The summed E-state index contributed by atoms with van der Waals surface area (Å²) in [6.45, 7) is 0. The fourth-order valence-electron chi connectivity index (χ4n) is 1.38. The molecule has 2 nitrogen and oxygen atoms in total. The quantitative estimate of drug-likeness (QED) is 0.671. The molecule has 0 radical (unpaired) electrons. The van der Waals surface area contributed by atoms with E-state index in [2.05, 4.69) is 22.0 Å². The molecule has 0 bridgehead atoms. The third-order valence-electron chi connectivity index (χ3n) is 2.05. The Kier molecular flexibility index (Phi) is 2.65. The summed E-state index contributed by atoms with van der Waals surface area (Å²) in [7, 11) is 1.64. The summed E-state index contributed by atoms with van der Waals surface area (Å²) in [5.74, 6) is 0.750. The van der Waals surface area contributed by atoms with Crippen molar-refractivity contribution in [1.29, 1.82) is 0 Å². The summed E-state index contributed by atoms with van der Waals surface area (Å²) < 4.78 is 6.38. The molecule has 0 saturated heterocycles. The number of ether oxygens (including phenoxy) is 1. The van der Waals surface area contributed by atoms with E-state index in [9.17, 15) is 0 Å². The lowest BCUT2D eigenvalue weighted by Gasteiger charge is -2.03. The fourth-order valence-corrected chi connectivity index (χ4v) is 2.81. The van der Waals surface area contributed by atoms with Crippen LogP contribution in [0.3, 0.4) is 0 Å². The summed E-state index contributed by atoms with van der Waals surface area (Å²) in [6, 6.07) is 6.09. The normalized spacial score (nSPS) is 10.7. The third kappa shape index (κ3) is 1.60. The van der Waals surface area contributed by atoms with Crippen LogP contribution < -0.4 is 10.5 Å². The second-order valence-corrected chi connectivity index (χ2v) is 4.71. The summed E-state index contributed by atoms with van der Waals surface area (Å²) in [5.41, 5.74) is 6.51. The van der Waals surface area contributed by atoms with E-state index in [4.69, 9.17) is 10.5 Å². The Morgan fingerprint density at radius 2 is 2.21 bits per heavy atom. The molecule has 1 aromatic heterocycles. The van der Waals surface area contributed by atoms with Crippen LogP contribution >= 0.6 is 27.3 Å². The van der Waals surface area contributed by atoms with E-state index >= 15 is 0 Å². The smallest absolute Gasteiger partial charge is 0.143 e. The zero-order valence-corrected chi connectivity index (χ0v) is 10.1. The van der Waals surface area contributed by atoms with Gasteiger partial charge in [-0.3, -0.25) is 0 Å². The lowest BCUT2D eigenvalue weighted by molar-refractivity contribution is 0.417. The highest BCUT2D eigenvalue weighted by Gasteiger charge is 2.05. The molecule has 0 aliphatic rings. The Morgan fingerprint density at radius 1 is 1.43 bits per heavy atom. The van der Waals surface area contributed by atoms with Crippen molar-refractivity contribution in [3.63, 3.8) is 0 Å². The predicted octanol–water partition coefficient (Wildman–Crippen LogP) is 3.39. The van der Waals surface area contributed by atoms with Crippen LogP contribution in [0, 0.1) is 0 Å². The van der Waals surface area contributed by atoms with Crippen molar-refractivity contribution in [3.8, 4) is 5.75 Å². The van der Waals surface area contributed by atoms with Crippen LogP contribution in [0.1, 0.15) is 4.88 Å². The van der Waals surface area contributed by atoms with E-state index in [1.54, 1.807) is 18.4 Å². The molecule has 0 fully saturated rings.